The summed E-state index contributed by atoms with van der Waals surface area (Å²) in [5, 5.41) is 23.9. The molecule has 0 aliphatic carbocycles. The minimum absolute atomic E-state index is 0.0896. The van der Waals surface area contributed by atoms with Crippen LogP contribution >= 0.6 is 0 Å². The summed E-state index contributed by atoms with van der Waals surface area (Å²) in [6.45, 7) is 2.01. The van der Waals surface area contributed by atoms with Crippen LogP contribution in [0.15, 0.2) is 66.7 Å². The number of nitrogens with zero attached hydrogens (tertiary/aromatic N) is 2. The van der Waals surface area contributed by atoms with Gasteiger partial charge < -0.3 is 10.1 Å². The lowest BCUT2D eigenvalue weighted by molar-refractivity contribution is -0.384. The first-order chi connectivity index (χ1) is 17.4. The van der Waals surface area contributed by atoms with Gasteiger partial charge in [-0.05, 0) is 41.7 Å². The van der Waals surface area contributed by atoms with E-state index in [9.17, 15) is 25.0 Å². The molecule has 1 unspecified atom stereocenters. The fourth-order valence-electron chi connectivity index (χ4n) is 4.07. The van der Waals surface area contributed by atoms with Gasteiger partial charge in [0.1, 0.15) is 5.69 Å². The van der Waals surface area contributed by atoms with E-state index in [1.165, 1.54) is 25.3 Å². The molecule has 1 N–H and O–H groups in total. The van der Waals surface area contributed by atoms with Crippen molar-refractivity contribution in [3.05, 3.63) is 93.5 Å². The maximum Gasteiger partial charge on any atom is 0.340 e. The van der Waals surface area contributed by atoms with Crippen molar-refractivity contribution in [2.24, 2.45) is 5.92 Å². The first-order valence-corrected chi connectivity index (χ1v) is 11.6. The molecule has 0 radical (unpaired) electrons. The first-order valence-electron chi connectivity index (χ1n) is 11.6. The van der Waals surface area contributed by atoms with Crippen molar-refractivity contribution in [1.82, 2.24) is 0 Å². The zero-order valence-corrected chi connectivity index (χ0v) is 20.2. The Hall–Kier alpha value is -4.51. The highest BCUT2D eigenvalue weighted by Gasteiger charge is 2.27. The van der Waals surface area contributed by atoms with Crippen LogP contribution in [-0.2, 0) is 16.0 Å². The summed E-state index contributed by atoms with van der Waals surface area (Å²) in [7, 11) is 1.17. The standard InChI is InChI=1S/C28H27N3O5/c1-3-4-9-21(16-19-14-15-23(22(17-19)18-29)20-10-6-5-7-11-20)27(32)30-26-24(28(33)36-2)12-8-13-25(26)31(34)35/h5-8,10-15,17,21H,3-4,9,16H2,1-2H3,(H,30,32). The van der Waals surface area contributed by atoms with Crippen LogP contribution in [0.1, 0.15) is 47.7 Å². The summed E-state index contributed by atoms with van der Waals surface area (Å²) in [6, 6.07) is 21.3. The molecule has 0 saturated carbocycles. The molecular weight excluding hydrogens is 458 g/mol. The Labute approximate surface area is 209 Å². The number of nitro benzene ring substituents is 1. The van der Waals surface area contributed by atoms with Gasteiger partial charge in [-0.3, -0.25) is 14.9 Å². The fourth-order valence-corrected chi connectivity index (χ4v) is 4.07. The van der Waals surface area contributed by atoms with E-state index in [0.717, 1.165) is 29.5 Å². The number of hydrogen-bond donors (Lipinski definition) is 1. The van der Waals surface area contributed by atoms with Crippen LogP contribution in [-0.4, -0.2) is 23.9 Å². The number of carbonyl (C=O) groups excluding carboxylic acids is 2. The number of benzene rings is 3. The molecule has 0 fully saturated rings. The number of para-hydroxylation sites is 1. The van der Waals surface area contributed by atoms with Gasteiger partial charge in [0, 0.05) is 12.0 Å². The molecule has 1 amide bonds. The minimum Gasteiger partial charge on any atom is -0.465 e. The Balaban J connectivity index is 1.92. The summed E-state index contributed by atoms with van der Waals surface area (Å²) < 4.78 is 4.74. The van der Waals surface area contributed by atoms with E-state index in [2.05, 4.69) is 11.4 Å². The topological polar surface area (TPSA) is 122 Å². The van der Waals surface area contributed by atoms with E-state index < -0.39 is 22.7 Å². The van der Waals surface area contributed by atoms with Crippen molar-refractivity contribution >= 4 is 23.3 Å². The van der Waals surface area contributed by atoms with E-state index in [1.54, 1.807) is 6.07 Å². The number of unbranched alkanes of at least 4 members (excludes halogenated alkanes) is 1. The monoisotopic (exact) mass is 485 g/mol. The van der Waals surface area contributed by atoms with Crippen LogP contribution in [0.2, 0.25) is 0 Å². The van der Waals surface area contributed by atoms with Crippen LogP contribution in [0.5, 0.6) is 0 Å². The highest BCUT2D eigenvalue weighted by atomic mass is 16.6. The zero-order valence-electron chi connectivity index (χ0n) is 20.2. The molecular formula is C28H27N3O5. The van der Waals surface area contributed by atoms with Crippen molar-refractivity contribution in [2.75, 3.05) is 12.4 Å². The Morgan fingerprint density at radius 2 is 1.86 bits per heavy atom. The van der Waals surface area contributed by atoms with Gasteiger partial charge in [-0.15, -0.1) is 0 Å². The van der Waals surface area contributed by atoms with Crippen molar-refractivity contribution in [2.45, 2.75) is 32.6 Å². The van der Waals surface area contributed by atoms with Crippen molar-refractivity contribution < 1.29 is 19.2 Å². The number of esters is 1. The molecule has 8 heteroatoms. The molecule has 36 heavy (non-hydrogen) atoms. The number of nitriles is 1. The Morgan fingerprint density at radius 1 is 1.11 bits per heavy atom. The molecule has 0 bridgehead atoms. The highest BCUT2D eigenvalue weighted by Crippen LogP contribution is 2.31. The second-order valence-corrected chi connectivity index (χ2v) is 8.34. The predicted octanol–water partition coefficient (Wildman–Crippen LogP) is 5.91. The summed E-state index contributed by atoms with van der Waals surface area (Å²) in [6.07, 6.45) is 2.51. The number of anilines is 1. The molecule has 0 aliphatic heterocycles. The van der Waals surface area contributed by atoms with Gasteiger partial charge in [0.25, 0.3) is 5.69 Å². The Bertz CT molecular complexity index is 1300. The van der Waals surface area contributed by atoms with E-state index >= 15 is 0 Å². The van der Waals surface area contributed by atoms with Gasteiger partial charge in [-0.2, -0.15) is 5.26 Å². The van der Waals surface area contributed by atoms with Crippen molar-refractivity contribution in [1.29, 1.82) is 5.26 Å². The second kappa shape index (κ2) is 12.3. The minimum atomic E-state index is -0.783. The molecule has 8 nitrogen and oxygen atoms in total. The van der Waals surface area contributed by atoms with Gasteiger partial charge >= 0.3 is 5.97 Å². The molecule has 3 aromatic rings. The van der Waals surface area contributed by atoms with E-state index in [1.807, 2.05) is 49.4 Å². The molecule has 0 heterocycles. The smallest absolute Gasteiger partial charge is 0.340 e. The van der Waals surface area contributed by atoms with Crippen LogP contribution in [0.3, 0.4) is 0 Å². The molecule has 3 aromatic carbocycles. The van der Waals surface area contributed by atoms with Gasteiger partial charge in [-0.25, -0.2) is 4.79 Å². The van der Waals surface area contributed by atoms with Crippen LogP contribution < -0.4 is 5.32 Å². The first kappa shape index (κ1) is 26.1. The lowest BCUT2D eigenvalue weighted by Crippen LogP contribution is -2.26. The number of nitro groups is 1. The number of amides is 1. The Kier molecular flexibility index (Phi) is 8.89. The maximum atomic E-state index is 13.4. The van der Waals surface area contributed by atoms with Gasteiger partial charge in [0.05, 0.1) is 29.2 Å². The molecule has 184 valence electrons. The normalized spacial score (nSPS) is 11.2. The fraction of sp³-hybridized carbons (Fsp3) is 0.250. The molecule has 0 aromatic heterocycles. The van der Waals surface area contributed by atoms with Gasteiger partial charge in [0.15, 0.2) is 0 Å². The van der Waals surface area contributed by atoms with Gasteiger partial charge in [0.2, 0.25) is 5.91 Å². The number of hydrogen-bond acceptors (Lipinski definition) is 6. The third-order valence-corrected chi connectivity index (χ3v) is 5.94. The van der Waals surface area contributed by atoms with E-state index in [4.69, 9.17) is 4.74 Å². The lowest BCUT2D eigenvalue weighted by Gasteiger charge is -2.18. The summed E-state index contributed by atoms with van der Waals surface area (Å²) in [5.74, 6) is -1.74. The number of methoxy groups -OCH3 is 1. The molecule has 3 rings (SSSR count). The number of carbonyl (C=O) groups is 2. The van der Waals surface area contributed by atoms with Crippen LogP contribution in [0.4, 0.5) is 11.4 Å². The zero-order chi connectivity index (χ0) is 26.1. The average molecular weight is 486 g/mol. The van der Waals surface area contributed by atoms with Crippen LogP contribution in [0.25, 0.3) is 11.1 Å². The van der Waals surface area contributed by atoms with Crippen LogP contribution in [0, 0.1) is 27.4 Å². The SMILES string of the molecule is CCCCC(Cc1ccc(-c2ccccc2)c(C#N)c1)C(=O)Nc1c(C(=O)OC)cccc1[N+](=O)[O-]. The van der Waals surface area contributed by atoms with E-state index in [-0.39, 0.29) is 16.9 Å². The molecule has 0 saturated heterocycles. The third kappa shape index (κ3) is 6.13. The van der Waals surface area contributed by atoms with Gasteiger partial charge in [-0.1, -0.05) is 68.3 Å². The molecule has 0 aliphatic rings. The summed E-state index contributed by atoms with van der Waals surface area (Å²) in [4.78, 5) is 36.5. The van der Waals surface area contributed by atoms with E-state index in [0.29, 0.717) is 18.4 Å². The number of nitrogens with one attached hydrogen (secondary N) is 1. The quantitative estimate of drug-likeness (QED) is 0.216. The molecule has 1 atom stereocenters. The Morgan fingerprint density at radius 3 is 2.50 bits per heavy atom. The largest absolute Gasteiger partial charge is 0.465 e. The summed E-state index contributed by atoms with van der Waals surface area (Å²) in [5.41, 5.74) is 2.37. The average Bonchev–Trinajstić information content (AvgIpc) is 2.90. The number of ether oxygens (including phenoxy) is 1. The van der Waals surface area contributed by atoms with Crippen molar-refractivity contribution in [3.8, 4) is 17.2 Å². The summed E-state index contributed by atoms with van der Waals surface area (Å²) >= 11 is 0. The number of rotatable bonds is 10. The third-order valence-electron chi connectivity index (χ3n) is 5.94. The molecule has 0 spiro atoms. The maximum absolute atomic E-state index is 13.4. The lowest BCUT2D eigenvalue weighted by atomic mass is 9.90. The predicted molar refractivity (Wildman–Crippen MR) is 136 cm³/mol. The second-order valence-electron chi connectivity index (χ2n) is 8.34. The highest BCUT2D eigenvalue weighted by molar-refractivity contribution is 6.04. The van der Waals surface area contributed by atoms with Crippen molar-refractivity contribution in [3.63, 3.8) is 0 Å².